The van der Waals surface area contributed by atoms with Gasteiger partial charge in [0.25, 0.3) is 0 Å². The lowest BCUT2D eigenvalue weighted by molar-refractivity contribution is 0.164. The number of nitrogens with two attached hydrogens (primary N) is 1. The fourth-order valence-corrected chi connectivity index (χ4v) is 2.26. The monoisotopic (exact) mass is 205 g/mol. The van der Waals surface area contributed by atoms with E-state index in [1.807, 2.05) is 18.3 Å². The molecule has 0 radical (unpaired) electrons. The first-order valence-electron chi connectivity index (χ1n) is 5.77. The van der Waals surface area contributed by atoms with Crippen molar-refractivity contribution >= 4 is 0 Å². The number of aromatic nitrogens is 1. The average Bonchev–Trinajstić information content (AvgIpc) is 2.33. The molecule has 0 amide bonds. The van der Waals surface area contributed by atoms with Crippen LogP contribution in [0.5, 0.6) is 0 Å². The van der Waals surface area contributed by atoms with Crippen molar-refractivity contribution in [2.75, 3.05) is 19.6 Å². The Kier molecular flexibility index (Phi) is 3.69. The van der Waals surface area contributed by atoms with E-state index in [-0.39, 0.29) is 0 Å². The molecule has 0 bridgehead atoms. The van der Waals surface area contributed by atoms with Crippen LogP contribution in [-0.4, -0.2) is 29.5 Å². The quantitative estimate of drug-likeness (QED) is 0.814. The van der Waals surface area contributed by atoms with E-state index >= 15 is 0 Å². The summed E-state index contributed by atoms with van der Waals surface area (Å²) in [5.74, 6) is 0. The molecule has 0 spiro atoms. The number of pyridine rings is 1. The second kappa shape index (κ2) is 5.24. The summed E-state index contributed by atoms with van der Waals surface area (Å²) in [6, 6.07) is 6.38. The number of hydrogen-bond acceptors (Lipinski definition) is 3. The van der Waals surface area contributed by atoms with E-state index in [0.717, 1.165) is 5.69 Å². The summed E-state index contributed by atoms with van der Waals surface area (Å²) in [5, 5.41) is 0. The molecule has 1 aromatic rings. The van der Waals surface area contributed by atoms with Gasteiger partial charge in [-0.15, -0.1) is 0 Å². The van der Waals surface area contributed by atoms with E-state index in [0.29, 0.717) is 12.6 Å². The molecule has 1 saturated heterocycles. The first kappa shape index (κ1) is 10.6. The molecular weight excluding hydrogens is 186 g/mol. The van der Waals surface area contributed by atoms with Crippen LogP contribution in [0.3, 0.4) is 0 Å². The van der Waals surface area contributed by atoms with Crippen molar-refractivity contribution in [1.82, 2.24) is 9.88 Å². The Morgan fingerprint density at radius 3 is 2.67 bits per heavy atom. The Balaban J connectivity index is 2.09. The van der Waals surface area contributed by atoms with Crippen molar-refractivity contribution in [2.24, 2.45) is 5.73 Å². The Bertz CT molecular complexity index is 280. The molecule has 0 unspecified atom stereocenters. The van der Waals surface area contributed by atoms with Gasteiger partial charge in [-0.2, -0.15) is 0 Å². The number of nitrogens with zero attached hydrogens (tertiary/aromatic N) is 2. The highest BCUT2D eigenvalue weighted by molar-refractivity contribution is 5.09. The van der Waals surface area contributed by atoms with Crippen molar-refractivity contribution in [2.45, 2.75) is 25.3 Å². The van der Waals surface area contributed by atoms with Gasteiger partial charge in [-0.25, -0.2) is 0 Å². The number of rotatable bonds is 3. The second-order valence-corrected chi connectivity index (χ2v) is 4.10. The van der Waals surface area contributed by atoms with Gasteiger partial charge in [-0.1, -0.05) is 12.5 Å². The van der Waals surface area contributed by atoms with Crippen molar-refractivity contribution in [1.29, 1.82) is 0 Å². The molecule has 0 aliphatic carbocycles. The van der Waals surface area contributed by atoms with Crippen LogP contribution in [0, 0.1) is 0 Å². The SMILES string of the molecule is NC[C@H](c1ccccn1)N1CCCCC1. The largest absolute Gasteiger partial charge is 0.329 e. The van der Waals surface area contributed by atoms with E-state index in [1.54, 1.807) is 0 Å². The first-order chi connectivity index (χ1) is 7.42. The fraction of sp³-hybridized carbons (Fsp3) is 0.583. The van der Waals surface area contributed by atoms with Crippen molar-refractivity contribution in [3.8, 4) is 0 Å². The molecule has 3 heteroatoms. The van der Waals surface area contributed by atoms with Crippen LogP contribution in [0.25, 0.3) is 0 Å². The minimum Gasteiger partial charge on any atom is -0.329 e. The predicted molar refractivity (Wildman–Crippen MR) is 61.5 cm³/mol. The highest BCUT2D eigenvalue weighted by Crippen LogP contribution is 2.21. The summed E-state index contributed by atoms with van der Waals surface area (Å²) in [6.45, 7) is 2.99. The lowest BCUT2D eigenvalue weighted by Crippen LogP contribution is -2.37. The van der Waals surface area contributed by atoms with Crippen LogP contribution in [0.1, 0.15) is 31.0 Å². The zero-order chi connectivity index (χ0) is 10.5. The third-order valence-electron chi connectivity index (χ3n) is 3.08. The van der Waals surface area contributed by atoms with Crippen LogP contribution in [0.15, 0.2) is 24.4 Å². The van der Waals surface area contributed by atoms with Gasteiger partial charge in [0.05, 0.1) is 11.7 Å². The topological polar surface area (TPSA) is 42.1 Å². The Morgan fingerprint density at radius 1 is 1.27 bits per heavy atom. The summed E-state index contributed by atoms with van der Waals surface area (Å²) < 4.78 is 0. The minimum absolute atomic E-state index is 0.312. The van der Waals surface area contributed by atoms with Crippen LogP contribution in [-0.2, 0) is 0 Å². The summed E-state index contributed by atoms with van der Waals surface area (Å²) in [7, 11) is 0. The highest BCUT2D eigenvalue weighted by Gasteiger charge is 2.21. The molecule has 2 heterocycles. The number of hydrogen-bond donors (Lipinski definition) is 1. The van der Waals surface area contributed by atoms with Gasteiger partial charge in [0.15, 0.2) is 0 Å². The first-order valence-corrected chi connectivity index (χ1v) is 5.77. The summed E-state index contributed by atoms with van der Waals surface area (Å²) in [4.78, 5) is 6.87. The third-order valence-corrected chi connectivity index (χ3v) is 3.08. The van der Waals surface area contributed by atoms with Gasteiger partial charge in [0.1, 0.15) is 0 Å². The molecule has 0 saturated carbocycles. The van der Waals surface area contributed by atoms with Crippen molar-refractivity contribution in [3.63, 3.8) is 0 Å². The zero-order valence-corrected chi connectivity index (χ0v) is 9.10. The number of piperidine rings is 1. The zero-order valence-electron chi connectivity index (χ0n) is 9.10. The van der Waals surface area contributed by atoms with Crippen molar-refractivity contribution in [3.05, 3.63) is 30.1 Å². The predicted octanol–water partition coefficient (Wildman–Crippen LogP) is 1.57. The molecule has 1 aromatic heterocycles. The molecule has 2 N–H and O–H groups in total. The van der Waals surface area contributed by atoms with Gasteiger partial charge in [-0.05, 0) is 38.1 Å². The van der Waals surface area contributed by atoms with E-state index in [9.17, 15) is 0 Å². The van der Waals surface area contributed by atoms with E-state index in [2.05, 4.69) is 16.0 Å². The second-order valence-electron chi connectivity index (χ2n) is 4.10. The standard InChI is InChI=1S/C12H19N3/c13-10-12(11-6-2-3-7-14-11)15-8-4-1-5-9-15/h2-3,6-7,12H,1,4-5,8-10,13H2/t12-/m1/s1. The van der Waals surface area contributed by atoms with E-state index in [4.69, 9.17) is 5.73 Å². The molecule has 2 rings (SSSR count). The molecule has 1 aliphatic rings. The van der Waals surface area contributed by atoms with Gasteiger partial charge in [0.2, 0.25) is 0 Å². The maximum Gasteiger partial charge on any atom is 0.0644 e. The van der Waals surface area contributed by atoms with Crippen LogP contribution >= 0.6 is 0 Å². The summed E-state index contributed by atoms with van der Waals surface area (Å²) >= 11 is 0. The van der Waals surface area contributed by atoms with E-state index < -0.39 is 0 Å². The highest BCUT2D eigenvalue weighted by atomic mass is 15.2. The molecule has 0 aromatic carbocycles. The maximum absolute atomic E-state index is 5.85. The minimum atomic E-state index is 0.312. The Labute approximate surface area is 91.3 Å². The molecule has 1 aliphatic heterocycles. The normalized spacial score (nSPS) is 20.1. The van der Waals surface area contributed by atoms with Gasteiger partial charge in [-0.3, -0.25) is 9.88 Å². The molecule has 1 fully saturated rings. The molecule has 1 atom stereocenters. The van der Waals surface area contributed by atoms with Gasteiger partial charge >= 0.3 is 0 Å². The summed E-state index contributed by atoms with van der Waals surface area (Å²) in [5.41, 5.74) is 6.97. The van der Waals surface area contributed by atoms with Crippen LogP contribution in [0.4, 0.5) is 0 Å². The average molecular weight is 205 g/mol. The lowest BCUT2D eigenvalue weighted by Gasteiger charge is -2.33. The fourth-order valence-electron chi connectivity index (χ4n) is 2.26. The van der Waals surface area contributed by atoms with E-state index in [1.165, 1.54) is 32.4 Å². The maximum atomic E-state index is 5.85. The lowest BCUT2D eigenvalue weighted by atomic mass is 10.1. The molecule has 82 valence electrons. The van der Waals surface area contributed by atoms with Crippen LogP contribution < -0.4 is 5.73 Å². The molecular formula is C12H19N3. The molecule has 3 nitrogen and oxygen atoms in total. The Hall–Kier alpha value is -0.930. The Morgan fingerprint density at radius 2 is 2.07 bits per heavy atom. The smallest absolute Gasteiger partial charge is 0.0644 e. The number of likely N-dealkylation sites (tertiary alicyclic amines) is 1. The van der Waals surface area contributed by atoms with Gasteiger partial charge in [0, 0.05) is 12.7 Å². The van der Waals surface area contributed by atoms with Crippen LogP contribution in [0.2, 0.25) is 0 Å². The van der Waals surface area contributed by atoms with Crippen molar-refractivity contribution < 1.29 is 0 Å². The summed E-state index contributed by atoms with van der Waals surface area (Å²) in [6.07, 6.45) is 5.80. The third kappa shape index (κ3) is 2.55. The molecule has 15 heavy (non-hydrogen) atoms. The van der Waals surface area contributed by atoms with Gasteiger partial charge < -0.3 is 5.73 Å².